The van der Waals surface area contributed by atoms with Gasteiger partial charge in [0.05, 0.1) is 19.9 Å². The van der Waals surface area contributed by atoms with Gasteiger partial charge in [-0.1, -0.05) is 11.6 Å². The lowest BCUT2D eigenvalue weighted by atomic mass is 10.1. The highest BCUT2D eigenvalue weighted by atomic mass is 35.5. The number of hydrogen-bond donors (Lipinski definition) is 1. The standard InChI is InChI=1S/C28H27ClN4O4/c1-4-32(27(35)20-5-9-21(29)10-6-20)18-26(34)31-28-30-25(19-7-13-23(36-2)14-8-19)17-33(28)22-11-15-24(37-3)16-12-22/h5-17H,4,18H2,1-3H3,(H,30,31,34). The molecule has 190 valence electrons. The maximum Gasteiger partial charge on any atom is 0.254 e. The van der Waals surface area contributed by atoms with Crippen LogP contribution in [0.15, 0.2) is 79.0 Å². The van der Waals surface area contributed by atoms with Gasteiger partial charge in [-0.25, -0.2) is 4.98 Å². The fraction of sp³-hybridized carbons (Fsp3) is 0.179. The van der Waals surface area contributed by atoms with Crippen molar-refractivity contribution in [3.8, 4) is 28.4 Å². The number of nitrogens with one attached hydrogen (secondary N) is 1. The van der Waals surface area contributed by atoms with E-state index in [9.17, 15) is 9.59 Å². The Hall–Kier alpha value is -4.30. The molecule has 0 unspecified atom stereocenters. The van der Waals surface area contributed by atoms with Crippen LogP contribution in [-0.4, -0.2) is 53.6 Å². The van der Waals surface area contributed by atoms with Crippen molar-refractivity contribution in [2.24, 2.45) is 0 Å². The number of aromatic nitrogens is 2. The summed E-state index contributed by atoms with van der Waals surface area (Å²) in [6, 6.07) is 21.5. The van der Waals surface area contributed by atoms with Crippen molar-refractivity contribution in [1.82, 2.24) is 14.5 Å². The molecular weight excluding hydrogens is 492 g/mol. The van der Waals surface area contributed by atoms with Crippen LogP contribution in [0, 0.1) is 0 Å². The van der Waals surface area contributed by atoms with E-state index in [1.54, 1.807) is 43.1 Å². The number of ether oxygens (including phenoxy) is 2. The molecule has 1 heterocycles. The number of hydrogen-bond acceptors (Lipinski definition) is 5. The fourth-order valence-corrected chi connectivity index (χ4v) is 3.87. The summed E-state index contributed by atoms with van der Waals surface area (Å²) in [5, 5.41) is 3.41. The lowest BCUT2D eigenvalue weighted by Crippen LogP contribution is -2.38. The summed E-state index contributed by atoms with van der Waals surface area (Å²) in [4.78, 5) is 32.1. The molecule has 0 spiro atoms. The maximum absolute atomic E-state index is 13.1. The van der Waals surface area contributed by atoms with Crippen molar-refractivity contribution >= 4 is 29.4 Å². The van der Waals surface area contributed by atoms with Crippen LogP contribution in [0.2, 0.25) is 5.02 Å². The van der Waals surface area contributed by atoms with Crippen LogP contribution in [0.3, 0.4) is 0 Å². The molecule has 4 aromatic rings. The minimum absolute atomic E-state index is 0.134. The summed E-state index contributed by atoms with van der Waals surface area (Å²) in [6.45, 7) is 2.05. The molecule has 3 aromatic carbocycles. The van der Waals surface area contributed by atoms with Crippen LogP contribution in [0.5, 0.6) is 11.5 Å². The van der Waals surface area contributed by atoms with Crippen molar-refractivity contribution in [3.63, 3.8) is 0 Å². The molecule has 1 aromatic heterocycles. The molecule has 2 amide bonds. The van der Waals surface area contributed by atoms with E-state index in [2.05, 4.69) is 10.3 Å². The Balaban J connectivity index is 1.60. The van der Waals surface area contributed by atoms with E-state index in [4.69, 9.17) is 21.1 Å². The minimum Gasteiger partial charge on any atom is -0.497 e. The first-order valence-corrected chi connectivity index (χ1v) is 12.0. The van der Waals surface area contributed by atoms with Crippen LogP contribution in [-0.2, 0) is 4.79 Å². The zero-order valence-corrected chi connectivity index (χ0v) is 21.5. The molecule has 0 aliphatic heterocycles. The van der Waals surface area contributed by atoms with Gasteiger partial charge in [0, 0.05) is 34.6 Å². The highest BCUT2D eigenvalue weighted by molar-refractivity contribution is 6.30. The molecule has 9 heteroatoms. The van der Waals surface area contributed by atoms with Gasteiger partial charge in [0.25, 0.3) is 5.91 Å². The van der Waals surface area contributed by atoms with Gasteiger partial charge in [0.2, 0.25) is 11.9 Å². The molecule has 0 saturated carbocycles. The normalized spacial score (nSPS) is 10.6. The first-order valence-electron chi connectivity index (χ1n) is 11.6. The number of carbonyl (C=O) groups excluding carboxylic acids is 2. The van der Waals surface area contributed by atoms with Crippen molar-refractivity contribution in [3.05, 3.63) is 89.6 Å². The summed E-state index contributed by atoms with van der Waals surface area (Å²) in [6.07, 6.45) is 1.84. The van der Waals surface area contributed by atoms with E-state index in [0.29, 0.717) is 34.5 Å². The van der Waals surface area contributed by atoms with Gasteiger partial charge in [-0.15, -0.1) is 0 Å². The zero-order chi connectivity index (χ0) is 26.4. The van der Waals surface area contributed by atoms with Crippen LogP contribution in [0.4, 0.5) is 5.95 Å². The summed E-state index contributed by atoms with van der Waals surface area (Å²) in [5.74, 6) is 1.15. The molecule has 0 aliphatic carbocycles. The highest BCUT2D eigenvalue weighted by Gasteiger charge is 2.20. The second-order valence-electron chi connectivity index (χ2n) is 8.12. The highest BCUT2D eigenvalue weighted by Crippen LogP contribution is 2.27. The molecular formula is C28H27ClN4O4. The first-order chi connectivity index (χ1) is 17.9. The lowest BCUT2D eigenvalue weighted by molar-refractivity contribution is -0.116. The van der Waals surface area contributed by atoms with Gasteiger partial charge in [-0.2, -0.15) is 0 Å². The van der Waals surface area contributed by atoms with E-state index in [1.807, 2.05) is 61.7 Å². The third-order valence-corrected chi connectivity index (χ3v) is 6.04. The number of nitrogens with zero attached hydrogens (tertiary/aromatic N) is 3. The van der Waals surface area contributed by atoms with Crippen LogP contribution < -0.4 is 14.8 Å². The Labute approximate surface area is 220 Å². The Bertz CT molecular complexity index is 1370. The predicted octanol–water partition coefficient (Wildman–Crippen LogP) is 5.31. The van der Waals surface area contributed by atoms with Gasteiger partial charge in [0.15, 0.2) is 0 Å². The van der Waals surface area contributed by atoms with Gasteiger partial charge in [-0.05, 0) is 79.7 Å². The van der Waals surface area contributed by atoms with E-state index < -0.39 is 0 Å². The molecule has 0 saturated heterocycles. The quantitative estimate of drug-likeness (QED) is 0.324. The third-order valence-electron chi connectivity index (χ3n) is 5.79. The number of anilines is 1. The number of amides is 2. The predicted molar refractivity (Wildman–Crippen MR) is 144 cm³/mol. The number of imidazole rings is 1. The molecule has 0 atom stereocenters. The van der Waals surface area contributed by atoms with Crippen LogP contribution in [0.1, 0.15) is 17.3 Å². The fourth-order valence-electron chi connectivity index (χ4n) is 3.75. The second-order valence-corrected chi connectivity index (χ2v) is 8.56. The van der Waals surface area contributed by atoms with Crippen molar-refractivity contribution in [2.45, 2.75) is 6.92 Å². The number of benzene rings is 3. The average Bonchev–Trinajstić information content (AvgIpc) is 3.35. The Morgan fingerprint density at radius 3 is 2.08 bits per heavy atom. The SMILES string of the molecule is CCN(CC(=O)Nc1nc(-c2ccc(OC)cc2)cn1-c1ccc(OC)cc1)C(=O)c1ccc(Cl)cc1. The number of carbonyl (C=O) groups is 2. The first kappa shape index (κ1) is 25.8. The van der Waals surface area contributed by atoms with Gasteiger partial charge < -0.3 is 14.4 Å². The molecule has 0 bridgehead atoms. The maximum atomic E-state index is 13.1. The number of rotatable bonds is 9. The van der Waals surface area contributed by atoms with Gasteiger partial charge in [0.1, 0.15) is 18.0 Å². The van der Waals surface area contributed by atoms with Crippen molar-refractivity contribution in [1.29, 1.82) is 0 Å². The van der Waals surface area contributed by atoms with E-state index in [0.717, 1.165) is 17.0 Å². The summed E-state index contributed by atoms with van der Waals surface area (Å²) < 4.78 is 12.3. The minimum atomic E-state index is -0.370. The molecule has 0 radical (unpaired) electrons. The number of methoxy groups -OCH3 is 2. The van der Waals surface area contributed by atoms with Crippen molar-refractivity contribution in [2.75, 3.05) is 32.6 Å². The zero-order valence-electron chi connectivity index (χ0n) is 20.8. The topological polar surface area (TPSA) is 85.7 Å². The molecule has 0 aliphatic rings. The summed E-state index contributed by atoms with van der Waals surface area (Å²) in [5.41, 5.74) is 2.77. The second kappa shape index (κ2) is 11.6. The lowest BCUT2D eigenvalue weighted by Gasteiger charge is -2.20. The van der Waals surface area contributed by atoms with E-state index in [-0.39, 0.29) is 18.4 Å². The van der Waals surface area contributed by atoms with Crippen molar-refractivity contribution < 1.29 is 19.1 Å². The molecule has 8 nitrogen and oxygen atoms in total. The summed E-state index contributed by atoms with van der Waals surface area (Å²) >= 11 is 5.94. The third kappa shape index (κ3) is 6.10. The molecule has 4 rings (SSSR count). The monoisotopic (exact) mass is 518 g/mol. The van der Waals surface area contributed by atoms with Gasteiger partial charge >= 0.3 is 0 Å². The average molecular weight is 519 g/mol. The van der Waals surface area contributed by atoms with E-state index >= 15 is 0 Å². The molecule has 37 heavy (non-hydrogen) atoms. The summed E-state index contributed by atoms with van der Waals surface area (Å²) in [7, 11) is 3.21. The van der Waals surface area contributed by atoms with Crippen LogP contribution >= 0.6 is 11.6 Å². The smallest absolute Gasteiger partial charge is 0.254 e. The van der Waals surface area contributed by atoms with E-state index in [1.165, 1.54) is 4.90 Å². The molecule has 1 N–H and O–H groups in total. The van der Waals surface area contributed by atoms with Crippen LogP contribution in [0.25, 0.3) is 16.9 Å². The van der Waals surface area contributed by atoms with Gasteiger partial charge in [-0.3, -0.25) is 19.5 Å². The molecule has 0 fully saturated rings. The Kier molecular flexibility index (Phi) is 8.10. The number of likely N-dealkylation sites (N-methyl/N-ethyl adjacent to an activating group) is 1. The Morgan fingerprint density at radius 1 is 0.919 bits per heavy atom. The Morgan fingerprint density at radius 2 is 1.51 bits per heavy atom. The number of halogens is 1. The largest absolute Gasteiger partial charge is 0.497 e.